The molecule has 1 N–H and O–H groups in total. The van der Waals surface area contributed by atoms with Crippen molar-refractivity contribution in [3.8, 4) is 0 Å². The number of hydrogen-bond acceptors (Lipinski definition) is 4. The van der Waals surface area contributed by atoms with Crippen LogP contribution in [0, 0.1) is 6.92 Å². The maximum Gasteiger partial charge on any atom is 0.192 e. The summed E-state index contributed by atoms with van der Waals surface area (Å²) in [5.74, 6) is 0.686. The summed E-state index contributed by atoms with van der Waals surface area (Å²) >= 11 is 0. The number of fused-ring (bicyclic) bond motifs is 1. The molecule has 0 aliphatic heterocycles. The first kappa shape index (κ1) is 10.8. The molecule has 0 fully saturated rings. The van der Waals surface area contributed by atoms with Crippen molar-refractivity contribution < 1.29 is 9.21 Å². The van der Waals surface area contributed by atoms with Gasteiger partial charge in [0.05, 0.1) is 6.54 Å². The van der Waals surface area contributed by atoms with Gasteiger partial charge in [0.1, 0.15) is 11.8 Å². The van der Waals surface area contributed by atoms with Crippen LogP contribution in [0.25, 0.3) is 11.1 Å². The zero-order valence-corrected chi connectivity index (χ0v) is 9.19. The fraction of sp³-hybridized carbons (Fsp3) is 0.333. The Kier molecular flexibility index (Phi) is 3.31. The summed E-state index contributed by atoms with van der Waals surface area (Å²) < 4.78 is 5.39. The molecule has 0 saturated carbocycles. The first-order valence-corrected chi connectivity index (χ1v) is 5.30. The molecule has 0 unspecified atom stereocenters. The maximum atomic E-state index is 10.1. The summed E-state index contributed by atoms with van der Waals surface area (Å²) in [6, 6.07) is 5.98. The summed E-state index contributed by atoms with van der Waals surface area (Å²) in [6.45, 7) is 3.04. The lowest BCUT2D eigenvalue weighted by Gasteiger charge is -2.00. The molecule has 2 rings (SSSR count). The van der Waals surface area contributed by atoms with Crippen molar-refractivity contribution in [1.82, 2.24) is 10.3 Å². The Balaban J connectivity index is 2.04. The molecule has 16 heavy (non-hydrogen) atoms. The monoisotopic (exact) mass is 218 g/mol. The molecule has 0 aliphatic carbocycles. The van der Waals surface area contributed by atoms with Crippen molar-refractivity contribution in [2.45, 2.75) is 13.3 Å². The molecular formula is C12H14N2O2. The molecule has 0 spiro atoms. The lowest BCUT2D eigenvalue weighted by Crippen LogP contribution is -2.19. The van der Waals surface area contributed by atoms with Crippen LogP contribution in [0.15, 0.2) is 22.6 Å². The van der Waals surface area contributed by atoms with Crippen LogP contribution in [0.5, 0.6) is 0 Å². The van der Waals surface area contributed by atoms with Gasteiger partial charge in [-0.1, -0.05) is 6.07 Å². The quantitative estimate of drug-likeness (QED) is 0.610. The first-order valence-electron chi connectivity index (χ1n) is 5.30. The van der Waals surface area contributed by atoms with Crippen molar-refractivity contribution in [1.29, 1.82) is 0 Å². The van der Waals surface area contributed by atoms with Crippen molar-refractivity contribution in [2.75, 3.05) is 13.1 Å². The van der Waals surface area contributed by atoms with Gasteiger partial charge < -0.3 is 14.5 Å². The number of nitrogens with one attached hydrogen (secondary N) is 1. The largest absolute Gasteiger partial charge is 0.441 e. The van der Waals surface area contributed by atoms with E-state index in [4.69, 9.17) is 4.42 Å². The second-order valence-electron chi connectivity index (χ2n) is 3.66. The van der Waals surface area contributed by atoms with Gasteiger partial charge >= 0.3 is 0 Å². The van der Waals surface area contributed by atoms with Gasteiger partial charge in [-0.15, -0.1) is 0 Å². The Bertz CT molecular complexity index is 491. The van der Waals surface area contributed by atoms with Crippen LogP contribution < -0.4 is 5.32 Å². The molecule has 0 radical (unpaired) electrons. The van der Waals surface area contributed by atoms with Crippen LogP contribution in [-0.4, -0.2) is 24.4 Å². The highest BCUT2D eigenvalue weighted by atomic mass is 16.3. The van der Waals surface area contributed by atoms with E-state index < -0.39 is 0 Å². The van der Waals surface area contributed by atoms with Crippen molar-refractivity contribution in [3.63, 3.8) is 0 Å². The summed E-state index contributed by atoms with van der Waals surface area (Å²) in [5.41, 5.74) is 2.91. The van der Waals surface area contributed by atoms with E-state index in [0.29, 0.717) is 12.4 Å². The van der Waals surface area contributed by atoms with E-state index in [1.807, 2.05) is 25.1 Å². The summed E-state index contributed by atoms with van der Waals surface area (Å²) in [6.07, 6.45) is 1.75. The lowest BCUT2D eigenvalue weighted by atomic mass is 10.1. The van der Waals surface area contributed by atoms with Crippen LogP contribution in [0.1, 0.15) is 11.5 Å². The number of nitrogens with zero attached hydrogens (tertiary/aromatic N) is 1. The third-order valence-electron chi connectivity index (χ3n) is 2.38. The van der Waals surface area contributed by atoms with Gasteiger partial charge in [-0.25, -0.2) is 4.98 Å². The molecular weight excluding hydrogens is 204 g/mol. The second-order valence-corrected chi connectivity index (χ2v) is 3.66. The van der Waals surface area contributed by atoms with Gasteiger partial charge in [0.2, 0.25) is 0 Å². The number of aldehydes is 1. The molecule has 0 atom stereocenters. The fourth-order valence-corrected chi connectivity index (χ4v) is 1.64. The van der Waals surface area contributed by atoms with E-state index >= 15 is 0 Å². The molecule has 2 aromatic rings. The van der Waals surface area contributed by atoms with Crippen molar-refractivity contribution >= 4 is 17.4 Å². The third kappa shape index (κ3) is 2.46. The van der Waals surface area contributed by atoms with E-state index in [1.54, 1.807) is 0 Å². The first-order chi connectivity index (χ1) is 7.79. The number of benzene rings is 1. The number of hydrogen-bond donors (Lipinski definition) is 1. The van der Waals surface area contributed by atoms with Gasteiger partial charge in [0.25, 0.3) is 0 Å². The highest BCUT2D eigenvalue weighted by Crippen LogP contribution is 2.16. The number of carbonyl (C=O) groups is 1. The lowest BCUT2D eigenvalue weighted by molar-refractivity contribution is -0.107. The molecule has 84 valence electrons. The van der Waals surface area contributed by atoms with Crippen molar-refractivity contribution in [2.24, 2.45) is 0 Å². The smallest absolute Gasteiger partial charge is 0.192 e. The molecule has 0 aliphatic rings. The van der Waals surface area contributed by atoms with E-state index in [9.17, 15) is 4.79 Å². The molecule has 4 nitrogen and oxygen atoms in total. The van der Waals surface area contributed by atoms with E-state index in [-0.39, 0.29) is 0 Å². The highest BCUT2D eigenvalue weighted by Gasteiger charge is 2.02. The van der Waals surface area contributed by atoms with Gasteiger partial charge in [-0.2, -0.15) is 0 Å². The van der Waals surface area contributed by atoms with Gasteiger partial charge in [0, 0.05) is 6.92 Å². The van der Waals surface area contributed by atoms with E-state index in [0.717, 1.165) is 30.4 Å². The van der Waals surface area contributed by atoms with Gasteiger partial charge in [-0.05, 0) is 30.7 Å². The topological polar surface area (TPSA) is 55.1 Å². The predicted octanol–water partition coefficient (Wildman–Crippen LogP) is 1.47. The van der Waals surface area contributed by atoms with Crippen LogP contribution >= 0.6 is 0 Å². The minimum atomic E-state index is 0.408. The van der Waals surface area contributed by atoms with Crippen molar-refractivity contribution in [3.05, 3.63) is 29.7 Å². The summed E-state index contributed by atoms with van der Waals surface area (Å²) in [5, 5.41) is 3.02. The zero-order chi connectivity index (χ0) is 11.4. The SMILES string of the molecule is Cc1nc2cc(CCNCC=O)ccc2o1. The van der Waals surface area contributed by atoms with E-state index in [1.165, 1.54) is 5.56 Å². The Hall–Kier alpha value is -1.68. The van der Waals surface area contributed by atoms with Crippen LogP contribution in [0.2, 0.25) is 0 Å². The second kappa shape index (κ2) is 4.90. The highest BCUT2D eigenvalue weighted by molar-refractivity contribution is 5.73. The normalized spacial score (nSPS) is 10.8. The molecule has 1 heterocycles. The molecule has 4 heteroatoms. The summed E-state index contributed by atoms with van der Waals surface area (Å²) in [4.78, 5) is 14.4. The number of aromatic nitrogens is 1. The minimum Gasteiger partial charge on any atom is -0.441 e. The van der Waals surface area contributed by atoms with Crippen LogP contribution in [0.3, 0.4) is 0 Å². The summed E-state index contributed by atoms with van der Waals surface area (Å²) in [7, 11) is 0. The minimum absolute atomic E-state index is 0.408. The molecule has 0 bridgehead atoms. The Morgan fingerprint density at radius 3 is 3.19 bits per heavy atom. The molecule has 0 saturated heterocycles. The Labute approximate surface area is 93.7 Å². The van der Waals surface area contributed by atoms with Gasteiger partial charge in [0.15, 0.2) is 11.5 Å². The Morgan fingerprint density at radius 1 is 1.50 bits per heavy atom. The molecule has 1 aromatic heterocycles. The molecule has 0 amide bonds. The zero-order valence-electron chi connectivity index (χ0n) is 9.19. The third-order valence-corrected chi connectivity index (χ3v) is 2.38. The molecule has 1 aromatic carbocycles. The average Bonchev–Trinajstić information content (AvgIpc) is 2.64. The standard InChI is InChI=1S/C12H14N2O2/c1-9-14-11-8-10(2-3-12(11)16-9)4-5-13-6-7-15/h2-3,7-8,13H,4-6H2,1H3. The average molecular weight is 218 g/mol. The van der Waals surface area contributed by atoms with Gasteiger partial charge in [-0.3, -0.25) is 0 Å². The van der Waals surface area contributed by atoms with Crippen LogP contribution in [0.4, 0.5) is 0 Å². The Morgan fingerprint density at radius 2 is 2.38 bits per heavy atom. The number of aryl methyl sites for hydroxylation is 1. The number of carbonyl (C=O) groups excluding carboxylic acids is 1. The van der Waals surface area contributed by atoms with E-state index in [2.05, 4.69) is 10.3 Å². The predicted molar refractivity (Wildman–Crippen MR) is 61.4 cm³/mol. The maximum absolute atomic E-state index is 10.1. The van der Waals surface area contributed by atoms with Crippen LogP contribution in [-0.2, 0) is 11.2 Å². The fourth-order valence-electron chi connectivity index (χ4n) is 1.64. The number of rotatable bonds is 5. The number of oxazole rings is 1.